The van der Waals surface area contributed by atoms with Crippen LogP contribution in [0.5, 0.6) is 0 Å². The Hall–Kier alpha value is -0.970. The summed E-state index contributed by atoms with van der Waals surface area (Å²) in [5.41, 5.74) is -0.766. The minimum absolute atomic E-state index is 0.185. The molecule has 0 unspecified atom stereocenters. The van der Waals surface area contributed by atoms with Gasteiger partial charge < -0.3 is 14.9 Å². The standard InChI is InChI=1S/C11H13IN2O5/c12-2-1-6-4-14(11(18)13-10(6)17)9-3-7(16)8(5-15)19-9/h1-2,4,7-9,15-16H,3,5H2,(H,13,17,18)/t7-,8+,9+/m0/s1. The lowest BCUT2D eigenvalue weighted by Gasteiger charge is -2.14. The number of nitrogens with zero attached hydrogens (tertiary/aromatic N) is 1. The first-order chi connectivity index (χ1) is 9.06. The van der Waals surface area contributed by atoms with Gasteiger partial charge in [0.05, 0.1) is 18.3 Å². The minimum Gasteiger partial charge on any atom is -0.394 e. The fraction of sp³-hybridized carbons (Fsp3) is 0.455. The molecule has 7 nitrogen and oxygen atoms in total. The summed E-state index contributed by atoms with van der Waals surface area (Å²) in [5.74, 6) is 0. The van der Waals surface area contributed by atoms with E-state index < -0.39 is 29.7 Å². The molecule has 19 heavy (non-hydrogen) atoms. The van der Waals surface area contributed by atoms with Crippen molar-refractivity contribution in [3.05, 3.63) is 36.7 Å². The first-order valence-corrected chi connectivity index (χ1v) is 6.88. The Kier molecular flexibility index (Phi) is 4.55. The van der Waals surface area contributed by atoms with Crippen molar-refractivity contribution in [3.8, 4) is 0 Å². The molecule has 2 heterocycles. The SMILES string of the molecule is O=c1[nH]c(=O)n([C@H]2C[C@H](O)[C@@H](CO)O2)cc1C=CI. The maximum Gasteiger partial charge on any atom is 0.330 e. The molecule has 3 N–H and O–H groups in total. The van der Waals surface area contributed by atoms with E-state index in [0.29, 0.717) is 5.56 Å². The molecule has 0 saturated carbocycles. The van der Waals surface area contributed by atoms with Crippen LogP contribution >= 0.6 is 22.6 Å². The van der Waals surface area contributed by atoms with Crippen molar-refractivity contribution in [2.45, 2.75) is 24.9 Å². The van der Waals surface area contributed by atoms with E-state index >= 15 is 0 Å². The van der Waals surface area contributed by atoms with Crippen LogP contribution < -0.4 is 11.2 Å². The summed E-state index contributed by atoms with van der Waals surface area (Å²) in [7, 11) is 0. The second-order valence-corrected chi connectivity index (χ2v) is 4.88. The molecule has 3 atom stereocenters. The maximum absolute atomic E-state index is 11.7. The lowest BCUT2D eigenvalue weighted by atomic mass is 10.2. The van der Waals surface area contributed by atoms with Gasteiger partial charge in [0.1, 0.15) is 12.3 Å². The molecule has 104 valence electrons. The van der Waals surface area contributed by atoms with E-state index in [2.05, 4.69) is 4.98 Å². The third-order valence-corrected chi connectivity index (χ3v) is 3.29. The van der Waals surface area contributed by atoms with Gasteiger partial charge in [0.2, 0.25) is 0 Å². The van der Waals surface area contributed by atoms with Gasteiger partial charge in [-0.25, -0.2) is 4.79 Å². The summed E-state index contributed by atoms with van der Waals surface area (Å²) < 4.78 is 8.24. The molecule has 0 aliphatic carbocycles. The van der Waals surface area contributed by atoms with Crippen LogP contribution in [0.2, 0.25) is 0 Å². The number of rotatable bonds is 3. The van der Waals surface area contributed by atoms with E-state index in [4.69, 9.17) is 9.84 Å². The van der Waals surface area contributed by atoms with Crippen molar-refractivity contribution in [2.75, 3.05) is 6.61 Å². The summed E-state index contributed by atoms with van der Waals surface area (Å²) in [6.07, 6.45) is 0.880. The molecule has 0 spiro atoms. The molecule has 0 bridgehead atoms. The molecule has 2 rings (SSSR count). The van der Waals surface area contributed by atoms with Crippen molar-refractivity contribution < 1.29 is 14.9 Å². The van der Waals surface area contributed by atoms with Crippen LogP contribution in [-0.2, 0) is 4.74 Å². The average Bonchev–Trinajstić information content (AvgIpc) is 2.74. The van der Waals surface area contributed by atoms with E-state index in [1.165, 1.54) is 10.8 Å². The Morgan fingerprint density at radius 2 is 2.32 bits per heavy atom. The van der Waals surface area contributed by atoms with E-state index in [1.54, 1.807) is 10.2 Å². The highest BCUT2D eigenvalue weighted by Gasteiger charge is 2.35. The molecule has 0 aromatic carbocycles. The van der Waals surface area contributed by atoms with Crippen molar-refractivity contribution in [1.82, 2.24) is 9.55 Å². The molecule has 0 radical (unpaired) electrons. The molecule has 1 aliphatic rings. The molecule has 8 heteroatoms. The lowest BCUT2D eigenvalue weighted by molar-refractivity contribution is -0.0459. The minimum atomic E-state index is -0.836. The van der Waals surface area contributed by atoms with Crippen LogP contribution in [0.4, 0.5) is 0 Å². The third kappa shape index (κ3) is 2.96. The summed E-state index contributed by atoms with van der Waals surface area (Å²) in [5, 5.41) is 18.7. The number of hydrogen-bond donors (Lipinski definition) is 3. The molecule has 1 saturated heterocycles. The van der Waals surface area contributed by atoms with Crippen molar-refractivity contribution >= 4 is 28.7 Å². The number of hydrogen-bond acceptors (Lipinski definition) is 5. The van der Waals surface area contributed by atoms with Gasteiger partial charge in [0, 0.05) is 12.6 Å². The fourth-order valence-corrected chi connectivity index (χ4v) is 2.34. The van der Waals surface area contributed by atoms with Crippen molar-refractivity contribution in [3.63, 3.8) is 0 Å². The zero-order valence-electron chi connectivity index (χ0n) is 9.82. The Morgan fingerprint density at radius 1 is 1.58 bits per heavy atom. The van der Waals surface area contributed by atoms with E-state index in [-0.39, 0.29) is 13.0 Å². The van der Waals surface area contributed by atoms with Gasteiger partial charge in [-0.15, -0.1) is 0 Å². The number of halogens is 1. The molecular formula is C11H13IN2O5. The lowest BCUT2D eigenvalue weighted by Crippen LogP contribution is -2.33. The number of H-pyrrole nitrogens is 1. The predicted octanol–water partition coefficient (Wildman–Crippen LogP) is -0.417. The Labute approximate surface area is 121 Å². The monoisotopic (exact) mass is 380 g/mol. The van der Waals surface area contributed by atoms with Crippen molar-refractivity contribution in [1.29, 1.82) is 0 Å². The number of aromatic amines is 1. The van der Waals surface area contributed by atoms with Gasteiger partial charge in [-0.05, 0) is 10.2 Å². The zero-order valence-corrected chi connectivity index (χ0v) is 12.0. The van der Waals surface area contributed by atoms with Gasteiger partial charge in [0.25, 0.3) is 5.56 Å². The van der Waals surface area contributed by atoms with Gasteiger partial charge >= 0.3 is 5.69 Å². The predicted molar refractivity (Wildman–Crippen MR) is 76.0 cm³/mol. The highest BCUT2D eigenvalue weighted by Crippen LogP contribution is 2.27. The number of aliphatic hydroxyl groups excluding tert-OH is 2. The number of nitrogens with one attached hydrogen (secondary N) is 1. The summed E-state index contributed by atoms with van der Waals surface area (Å²) >= 11 is 1.96. The van der Waals surface area contributed by atoms with Crippen LogP contribution in [0, 0.1) is 0 Å². The second kappa shape index (κ2) is 5.99. The Balaban J connectivity index is 2.38. The Morgan fingerprint density at radius 3 is 2.89 bits per heavy atom. The van der Waals surface area contributed by atoms with E-state index in [1.807, 2.05) is 22.6 Å². The normalized spacial score (nSPS) is 27.2. The molecule has 1 aromatic rings. The van der Waals surface area contributed by atoms with Crippen LogP contribution in [0.3, 0.4) is 0 Å². The highest BCUT2D eigenvalue weighted by atomic mass is 127. The number of ether oxygens (including phenoxy) is 1. The van der Waals surface area contributed by atoms with Crippen LogP contribution in [0.1, 0.15) is 18.2 Å². The Bertz CT molecular complexity index is 593. The van der Waals surface area contributed by atoms with Crippen LogP contribution in [0.15, 0.2) is 19.9 Å². The first-order valence-electron chi connectivity index (χ1n) is 5.63. The van der Waals surface area contributed by atoms with E-state index in [9.17, 15) is 14.7 Å². The van der Waals surface area contributed by atoms with Crippen molar-refractivity contribution in [2.24, 2.45) is 0 Å². The zero-order chi connectivity index (χ0) is 14.0. The number of aromatic nitrogens is 2. The van der Waals surface area contributed by atoms with Gasteiger partial charge in [-0.3, -0.25) is 14.3 Å². The smallest absolute Gasteiger partial charge is 0.330 e. The van der Waals surface area contributed by atoms with Crippen LogP contribution in [-0.4, -0.2) is 38.6 Å². The second-order valence-electron chi connectivity index (χ2n) is 4.16. The number of aliphatic hydroxyl groups is 2. The molecule has 1 fully saturated rings. The largest absolute Gasteiger partial charge is 0.394 e. The van der Waals surface area contributed by atoms with Gasteiger partial charge in [-0.1, -0.05) is 22.6 Å². The van der Waals surface area contributed by atoms with Crippen LogP contribution in [0.25, 0.3) is 6.08 Å². The first kappa shape index (κ1) is 14.4. The van der Waals surface area contributed by atoms with Gasteiger partial charge in [-0.2, -0.15) is 0 Å². The quantitative estimate of drug-likeness (QED) is 0.619. The fourth-order valence-electron chi connectivity index (χ4n) is 1.95. The van der Waals surface area contributed by atoms with Gasteiger partial charge in [0.15, 0.2) is 0 Å². The summed E-state index contributed by atoms with van der Waals surface area (Å²) in [6.45, 7) is -0.323. The molecular weight excluding hydrogens is 367 g/mol. The molecule has 1 aliphatic heterocycles. The van der Waals surface area contributed by atoms with E-state index in [0.717, 1.165) is 0 Å². The molecule has 1 aromatic heterocycles. The highest BCUT2D eigenvalue weighted by molar-refractivity contribution is 14.1. The molecule has 0 amide bonds. The maximum atomic E-state index is 11.7. The topological polar surface area (TPSA) is 105 Å². The summed E-state index contributed by atoms with van der Waals surface area (Å²) in [4.78, 5) is 25.5. The average molecular weight is 380 g/mol. The summed E-state index contributed by atoms with van der Waals surface area (Å²) in [6, 6.07) is 0. The third-order valence-electron chi connectivity index (χ3n) is 2.93.